The van der Waals surface area contributed by atoms with E-state index < -0.39 is 5.60 Å². The third-order valence-corrected chi connectivity index (χ3v) is 4.48. The van der Waals surface area contributed by atoms with Crippen molar-refractivity contribution in [2.24, 2.45) is 0 Å². The second-order valence-electron chi connectivity index (χ2n) is 6.51. The SMILES string of the molecule is CC(C)N1CCOC[C@@]2(CN(C(=O)c3ccnnc3)CCO2)C1. The minimum Gasteiger partial charge on any atom is -0.377 e. The average Bonchev–Trinajstić information content (AvgIpc) is 2.78. The highest BCUT2D eigenvalue weighted by Gasteiger charge is 2.42. The molecule has 7 nitrogen and oxygen atoms in total. The van der Waals surface area contributed by atoms with E-state index in [1.54, 1.807) is 12.3 Å². The van der Waals surface area contributed by atoms with Gasteiger partial charge in [-0.25, -0.2) is 0 Å². The van der Waals surface area contributed by atoms with Gasteiger partial charge in [0.25, 0.3) is 5.91 Å². The van der Waals surface area contributed by atoms with Crippen molar-refractivity contribution in [3.05, 3.63) is 24.0 Å². The number of amides is 1. The number of morpholine rings is 1. The first kappa shape index (κ1) is 16.3. The molecule has 0 radical (unpaired) electrons. The number of hydrogen-bond donors (Lipinski definition) is 0. The van der Waals surface area contributed by atoms with Gasteiger partial charge < -0.3 is 14.4 Å². The molecule has 2 saturated heterocycles. The summed E-state index contributed by atoms with van der Waals surface area (Å²) in [7, 11) is 0. The van der Waals surface area contributed by atoms with Crippen molar-refractivity contribution >= 4 is 5.91 Å². The Labute approximate surface area is 136 Å². The summed E-state index contributed by atoms with van der Waals surface area (Å²) in [6, 6.07) is 2.12. The van der Waals surface area contributed by atoms with Crippen molar-refractivity contribution in [1.29, 1.82) is 0 Å². The molecule has 0 unspecified atom stereocenters. The Morgan fingerprint density at radius 1 is 1.26 bits per heavy atom. The Balaban J connectivity index is 1.75. The quantitative estimate of drug-likeness (QED) is 0.787. The molecule has 1 amide bonds. The van der Waals surface area contributed by atoms with Crippen LogP contribution in [0.1, 0.15) is 24.2 Å². The topological polar surface area (TPSA) is 67.8 Å². The van der Waals surface area contributed by atoms with Crippen molar-refractivity contribution in [1.82, 2.24) is 20.0 Å². The minimum atomic E-state index is -0.449. The third kappa shape index (κ3) is 3.68. The molecule has 1 spiro atoms. The summed E-state index contributed by atoms with van der Waals surface area (Å²) >= 11 is 0. The van der Waals surface area contributed by atoms with E-state index in [1.165, 1.54) is 6.20 Å². The molecule has 2 fully saturated rings. The molecule has 7 heteroatoms. The normalized spacial score (nSPS) is 26.5. The van der Waals surface area contributed by atoms with E-state index in [1.807, 2.05) is 4.90 Å². The van der Waals surface area contributed by atoms with Crippen LogP contribution in [0.4, 0.5) is 0 Å². The number of hydrogen-bond acceptors (Lipinski definition) is 6. The smallest absolute Gasteiger partial charge is 0.255 e. The molecule has 23 heavy (non-hydrogen) atoms. The van der Waals surface area contributed by atoms with Crippen LogP contribution in [0.15, 0.2) is 18.5 Å². The van der Waals surface area contributed by atoms with Gasteiger partial charge in [0.1, 0.15) is 5.60 Å². The molecule has 0 saturated carbocycles. The number of carbonyl (C=O) groups is 1. The second kappa shape index (κ2) is 6.90. The van der Waals surface area contributed by atoms with Gasteiger partial charge in [-0.05, 0) is 19.9 Å². The highest BCUT2D eigenvalue weighted by Crippen LogP contribution is 2.24. The van der Waals surface area contributed by atoms with Crippen LogP contribution in [-0.4, -0.2) is 83.5 Å². The van der Waals surface area contributed by atoms with Gasteiger partial charge in [-0.15, -0.1) is 0 Å². The van der Waals surface area contributed by atoms with Crippen molar-refractivity contribution in [3.63, 3.8) is 0 Å². The second-order valence-corrected chi connectivity index (χ2v) is 6.51. The molecule has 0 N–H and O–H groups in total. The van der Waals surface area contributed by atoms with Crippen LogP contribution in [0.5, 0.6) is 0 Å². The summed E-state index contributed by atoms with van der Waals surface area (Å²) in [5, 5.41) is 7.52. The summed E-state index contributed by atoms with van der Waals surface area (Å²) in [6.45, 7) is 8.90. The summed E-state index contributed by atoms with van der Waals surface area (Å²) in [5.41, 5.74) is 0.113. The summed E-state index contributed by atoms with van der Waals surface area (Å²) in [6.07, 6.45) is 3.05. The number of carbonyl (C=O) groups excluding carboxylic acids is 1. The molecule has 0 aliphatic carbocycles. The first-order valence-corrected chi connectivity index (χ1v) is 8.11. The number of aromatic nitrogens is 2. The Hall–Kier alpha value is -1.57. The molecule has 2 aliphatic rings. The highest BCUT2D eigenvalue weighted by molar-refractivity contribution is 5.93. The van der Waals surface area contributed by atoms with E-state index in [4.69, 9.17) is 9.47 Å². The van der Waals surface area contributed by atoms with E-state index in [0.717, 1.165) is 13.1 Å². The van der Waals surface area contributed by atoms with Gasteiger partial charge in [0, 0.05) is 25.7 Å². The first-order chi connectivity index (χ1) is 11.1. The van der Waals surface area contributed by atoms with Crippen LogP contribution >= 0.6 is 0 Å². The standard InChI is InChI=1S/C16H24N4O3/c1-13(2)19-5-7-22-12-16(10-19)11-20(6-8-23-16)15(21)14-3-4-17-18-9-14/h3-4,9,13H,5-8,10-12H2,1-2H3/t16-/m0/s1. The van der Waals surface area contributed by atoms with Crippen LogP contribution in [-0.2, 0) is 9.47 Å². The maximum atomic E-state index is 12.7. The molecule has 126 valence electrons. The van der Waals surface area contributed by atoms with Crippen LogP contribution in [0, 0.1) is 0 Å². The van der Waals surface area contributed by atoms with Crippen LogP contribution in [0.2, 0.25) is 0 Å². The van der Waals surface area contributed by atoms with E-state index in [9.17, 15) is 4.79 Å². The molecule has 1 aromatic heterocycles. The molecule has 0 bridgehead atoms. The fraction of sp³-hybridized carbons (Fsp3) is 0.688. The van der Waals surface area contributed by atoms with Crippen molar-refractivity contribution < 1.29 is 14.3 Å². The van der Waals surface area contributed by atoms with Gasteiger partial charge in [-0.3, -0.25) is 9.69 Å². The number of nitrogens with zero attached hydrogens (tertiary/aromatic N) is 4. The maximum absolute atomic E-state index is 12.7. The fourth-order valence-electron chi connectivity index (χ4n) is 3.18. The van der Waals surface area contributed by atoms with Gasteiger partial charge >= 0.3 is 0 Å². The van der Waals surface area contributed by atoms with E-state index in [-0.39, 0.29) is 5.91 Å². The van der Waals surface area contributed by atoms with Crippen molar-refractivity contribution in [2.45, 2.75) is 25.5 Å². The van der Waals surface area contributed by atoms with Gasteiger partial charge in [-0.2, -0.15) is 10.2 Å². The Morgan fingerprint density at radius 2 is 2.13 bits per heavy atom. The molecule has 1 atom stereocenters. The molecule has 0 aromatic carbocycles. The Morgan fingerprint density at radius 3 is 2.87 bits per heavy atom. The predicted molar refractivity (Wildman–Crippen MR) is 84.1 cm³/mol. The lowest BCUT2D eigenvalue weighted by Gasteiger charge is -2.44. The molecule has 2 aliphatic heterocycles. The van der Waals surface area contributed by atoms with Crippen molar-refractivity contribution in [3.8, 4) is 0 Å². The van der Waals surface area contributed by atoms with E-state index in [0.29, 0.717) is 44.5 Å². The van der Waals surface area contributed by atoms with Gasteiger partial charge in [-0.1, -0.05) is 0 Å². The van der Waals surface area contributed by atoms with Crippen LogP contribution in [0.3, 0.4) is 0 Å². The number of ether oxygens (including phenoxy) is 2. The van der Waals surface area contributed by atoms with Crippen LogP contribution < -0.4 is 0 Å². The molecule has 3 rings (SSSR count). The summed E-state index contributed by atoms with van der Waals surface area (Å²) < 4.78 is 11.9. The maximum Gasteiger partial charge on any atom is 0.255 e. The summed E-state index contributed by atoms with van der Waals surface area (Å²) in [4.78, 5) is 16.9. The lowest BCUT2D eigenvalue weighted by molar-refractivity contribution is -0.134. The largest absolute Gasteiger partial charge is 0.377 e. The lowest BCUT2D eigenvalue weighted by Crippen LogP contribution is -2.60. The van der Waals surface area contributed by atoms with Gasteiger partial charge in [0.05, 0.1) is 44.3 Å². The van der Waals surface area contributed by atoms with E-state index >= 15 is 0 Å². The number of rotatable bonds is 2. The zero-order chi connectivity index (χ0) is 16.3. The molecule has 3 heterocycles. The molecular formula is C16H24N4O3. The average molecular weight is 320 g/mol. The Bertz CT molecular complexity index is 539. The molecule has 1 aromatic rings. The zero-order valence-electron chi connectivity index (χ0n) is 13.8. The molecular weight excluding hydrogens is 296 g/mol. The predicted octanol–water partition coefficient (Wildman–Crippen LogP) is 0.428. The highest BCUT2D eigenvalue weighted by atomic mass is 16.5. The monoisotopic (exact) mass is 320 g/mol. The summed E-state index contributed by atoms with van der Waals surface area (Å²) in [5.74, 6) is -0.0251. The van der Waals surface area contributed by atoms with Gasteiger partial charge in [0.15, 0.2) is 0 Å². The third-order valence-electron chi connectivity index (χ3n) is 4.48. The van der Waals surface area contributed by atoms with Crippen molar-refractivity contribution in [2.75, 3.05) is 46.0 Å². The lowest BCUT2D eigenvalue weighted by atomic mass is 10.0. The van der Waals surface area contributed by atoms with Crippen LogP contribution in [0.25, 0.3) is 0 Å². The van der Waals surface area contributed by atoms with E-state index in [2.05, 4.69) is 28.9 Å². The fourth-order valence-corrected chi connectivity index (χ4v) is 3.18. The van der Waals surface area contributed by atoms with Gasteiger partial charge in [0.2, 0.25) is 0 Å². The first-order valence-electron chi connectivity index (χ1n) is 8.11. The zero-order valence-corrected chi connectivity index (χ0v) is 13.8. The minimum absolute atomic E-state index is 0.0251. The Kier molecular flexibility index (Phi) is 4.89.